The van der Waals surface area contributed by atoms with Crippen molar-refractivity contribution in [1.29, 1.82) is 5.26 Å². The molecule has 0 saturated heterocycles. The lowest BCUT2D eigenvalue weighted by Gasteiger charge is -2.12. The van der Waals surface area contributed by atoms with Gasteiger partial charge in [-0.15, -0.1) is 0 Å². The van der Waals surface area contributed by atoms with Gasteiger partial charge in [0.1, 0.15) is 5.82 Å². The van der Waals surface area contributed by atoms with Crippen LogP contribution in [0, 0.1) is 11.3 Å². The zero-order chi connectivity index (χ0) is 19.2. The van der Waals surface area contributed by atoms with E-state index in [4.69, 9.17) is 5.26 Å². The molecule has 1 amide bonds. The first kappa shape index (κ1) is 19.4. The standard InChI is InChI=1S/C17H19N5O3S/c1-22(2)16-9-6-14(12-19-16)21-17(23)13-4-7-15(8-5-13)26(24,25)20-11-3-10-18/h4-9,12,20H,3,11H2,1-2H3,(H,21,23). The van der Waals surface area contributed by atoms with Gasteiger partial charge < -0.3 is 10.2 Å². The molecule has 2 N–H and O–H groups in total. The largest absolute Gasteiger partial charge is 0.363 e. The van der Waals surface area contributed by atoms with Gasteiger partial charge in [-0.2, -0.15) is 5.26 Å². The maximum Gasteiger partial charge on any atom is 0.255 e. The summed E-state index contributed by atoms with van der Waals surface area (Å²) >= 11 is 0. The van der Waals surface area contributed by atoms with Crippen LogP contribution in [0.2, 0.25) is 0 Å². The second-order valence-electron chi connectivity index (χ2n) is 5.58. The zero-order valence-electron chi connectivity index (χ0n) is 14.4. The summed E-state index contributed by atoms with van der Waals surface area (Å²) in [6.07, 6.45) is 1.63. The first-order valence-electron chi connectivity index (χ1n) is 7.75. The normalized spacial score (nSPS) is 10.8. The Morgan fingerprint density at radius 3 is 2.42 bits per heavy atom. The summed E-state index contributed by atoms with van der Waals surface area (Å²) in [4.78, 5) is 18.3. The van der Waals surface area contributed by atoms with Crippen LogP contribution in [-0.2, 0) is 10.0 Å². The van der Waals surface area contributed by atoms with E-state index in [-0.39, 0.29) is 23.8 Å². The molecule has 9 heteroatoms. The Bertz CT molecular complexity index is 901. The van der Waals surface area contributed by atoms with Gasteiger partial charge in [-0.05, 0) is 36.4 Å². The van der Waals surface area contributed by atoms with Crippen LogP contribution in [0.5, 0.6) is 0 Å². The average molecular weight is 373 g/mol. The van der Waals surface area contributed by atoms with E-state index < -0.39 is 10.0 Å². The van der Waals surface area contributed by atoms with E-state index in [9.17, 15) is 13.2 Å². The molecule has 0 aliphatic heterocycles. The molecule has 0 fully saturated rings. The molecule has 1 aromatic carbocycles. The van der Waals surface area contributed by atoms with Gasteiger partial charge in [0.25, 0.3) is 5.91 Å². The van der Waals surface area contributed by atoms with Crippen molar-refractivity contribution in [3.8, 4) is 6.07 Å². The van der Waals surface area contributed by atoms with E-state index in [2.05, 4.69) is 15.0 Å². The van der Waals surface area contributed by atoms with Crippen molar-refractivity contribution >= 4 is 27.4 Å². The SMILES string of the molecule is CN(C)c1ccc(NC(=O)c2ccc(S(=O)(=O)NCCC#N)cc2)cn1. The quantitative estimate of drug-likeness (QED) is 0.712. The Morgan fingerprint density at radius 2 is 1.88 bits per heavy atom. The minimum absolute atomic E-state index is 0.0315. The number of carbonyl (C=O) groups is 1. The van der Waals surface area contributed by atoms with Crippen LogP contribution in [0.15, 0.2) is 47.5 Å². The number of nitrogens with zero attached hydrogens (tertiary/aromatic N) is 3. The summed E-state index contributed by atoms with van der Waals surface area (Å²) in [5.41, 5.74) is 0.855. The number of aromatic nitrogens is 1. The van der Waals surface area contributed by atoms with Crippen LogP contribution < -0.4 is 14.9 Å². The number of sulfonamides is 1. The van der Waals surface area contributed by atoms with Crippen LogP contribution in [0.25, 0.3) is 0 Å². The van der Waals surface area contributed by atoms with Gasteiger partial charge >= 0.3 is 0 Å². The summed E-state index contributed by atoms with van der Waals surface area (Å²) in [6.45, 7) is 0.0387. The second kappa shape index (κ2) is 8.42. The van der Waals surface area contributed by atoms with Gasteiger partial charge in [-0.3, -0.25) is 4.79 Å². The highest BCUT2D eigenvalue weighted by Gasteiger charge is 2.14. The predicted octanol–water partition coefficient (Wildman–Crippen LogP) is 1.59. The van der Waals surface area contributed by atoms with Crippen molar-refractivity contribution in [3.63, 3.8) is 0 Å². The lowest BCUT2D eigenvalue weighted by Crippen LogP contribution is -2.24. The average Bonchev–Trinajstić information content (AvgIpc) is 2.62. The molecule has 0 spiro atoms. The monoisotopic (exact) mass is 373 g/mol. The Morgan fingerprint density at radius 1 is 1.19 bits per heavy atom. The van der Waals surface area contributed by atoms with Gasteiger partial charge in [0, 0.05) is 32.6 Å². The van der Waals surface area contributed by atoms with E-state index in [0.717, 1.165) is 5.82 Å². The molecule has 0 atom stereocenters. The van der Waals surface area contributed by atoms with E-state index in [1.807, 2.05) is 25.1 Å². The summed E-state index contributed by atoms with van der Waals surface area (Å²) in [7, 11) is 0.0386. The van der Waals surface area contributed by atoms with Crippen molar-refractivity contribution in [3.05, 3.63) is 48.2 Å². The smallest absolute Gasteiger partial charge is 0.255 e. The van der Waals surface area contributed by atoms with Gasteiger partial charge in [-0.1, -0.05) is 0 Å². The molecule has 0 aliphatic carbocycles. The lowest BCUT2D eigenvalue weighted by atomic mass is 10.2. The van der Waals surface area contributed by atoms with E-state index >= 15 is 0 Å². The molecule has 0 saturated carbocycles. The van der Waals surface area contributed by atoms with E-state index in [0.29, 0.717) is 11.3 Å². The molecular weight excluding hydrogens is 354 g/mol. The number of nitrogens with one attached hydrogen (secondary N) is 2. The Hall–Kier alpha value is -2.96. The van der Waals surface area contributed by atoms with Crippen LogP contribution in [0.3, 0.4) is 0 Å². The fourth-order valence-corrected chi connectivity index (χ4v) is 3.07. The zero-order valence-corrected chi connectivity index (χ0v) is 15.2. The first-order valence-corrected chi connectivity index (χ1v) is 9.23. The van der Waals surface area contributed by atoms with Crippen molar-refractivity contribution < 1.29 is 13.2 Å². The summed E-state index contributed by atoms with van der Waals surface area (Å²) in [5.74, 6) is 0.396. The number of rotatable bonds is 7. The van der Waals surface area contributed by atoms with Crippen LogP contribution >= 0.6 is 0 Å². The number of hydrogen-bond donors (Lipinski definition) is 2. The Labute approximate surface area is 152 Å². The number of carbonyl (C=O) groups excluding carboxylic acids is 1. The van der Waals surface area contributed by atoms with Gasteiger partial charge in [0.15, 0.2) is 0 Å². The minimum atomic E-state index is -3.69. The molecule has 0 unspecified atom stereocenters. The maximum atomic E-state index is 12.3. The molecule has 0 bridgehead atoms. The van der Waals surface area contributed by atoms with Gasteiger partial charge in [-0.25, -0.2) is 18.1 Å². The topological polar surface area (TPSA) is 115 Å². The summed E-state index contributed by atoms with van der Waals surface area (Å²) in [5, 5.41) is 11.2. The molecule has 0 radical (unpaired) electrons. The highest BCUT2D eigenvalue weighted by molar-refractivity contribution is 7.89. The number of anilines is 2. The molecule has 2 aromatic rings. The van der Waals surface area contributed by atoms with Crippen LogP contribution in [-0.4, -0.2) is 39.9 Å². The molecule has 0 aliphatic rings. The third-order valence-electron chi connectivity index (χ3n) is 3.42. The molecule has 1 aromatic heterocycles. The van der Waals surface area contributed by atoms with Crippen molar-refractivity contribution in [2.75, 3.05) is 30.9 Å². The van der Waals surface area contributed by atoms with Crippen molar-refractivity contribution in [2.24, 2.45) is 0 Å². The van der Waals surface area contributed by atoms with Gasteiger partial charge in [0.2, 0.25) is 10.0 Å². The first-order chi connectivity index (χ1) is 12.3. The highest BCUT2D eigenvalue weighted by Crippen LogP contribution is 2.15. The number of benzene rings is 1. The second-order valence-corrected chi connectivity index (χ2v) is 7.35. The number of pyridine rings is 1. The molecular formula is C17H19N5O3S. The number of hydrogen-bond acceptors (Lipinski definition) is 6. The van der Waals surface area contributed by atoms with E-state index in [1.165, 1.54) is 24.3 Å². The van der Waals surface area contributed by atoms with Crippen molar-refractivity contribution in [2.45, 2.75) is 11.3 Å². The van der Waals surface area contributed by atoms with Gasteiger partial charge in [0.05, 0.1) is 22.8 Å². The molecule has 2 rings (SSSR count). The van der Waals surface area contributed by atoms with Crippen LogP contribution in [0.1, 0.15) is 16.8 Å². The molecule has 136 valence electrons. The summed E-state index contributed by atoms with van der Waals surface area (Å²) in [6, 6.07) is 10.9. The lowest BCUT2D eigenvalue weighted by molar-refractivity contribution is 0.102. The minimum Gasteiger partial charge on any atom is -0.363 e. The van der Waals surface area contributed by atoms with E-state index in [1.54, 1.807) is 18.3 Å². The van der Waals surface area contributed by atoms with Crippen molar-refractivity contribution in [1.82, 2.24) is 9.71 Å². The molecule has 26 heavy (non-hydrogen) atoms. The third-order valence-corrected chi connectivity index (χ3v) is 4.90. The van der Waals surface area contributed by atoms with Crippen LogP contribution in [0.4, 0.5) is 11.5 Å². The number of amides is 1. The third kappa shape index (κ3) is 5.02. The Kier molecular flexibility index (Phi) is 6.27. The summed E-state index contributed by atoms with van der Waals surface area (Å²) < 4.78 is 26.4. The Balaban J connectivity index is 2.05. The fourth-order valence-electron chi connectivity index (χ4n) is 2.04. The molecule has 1 heterocycles. The fraction of sp³-hybridized carbons (Fsp3) is 0.235. The maximum absolute atomic E-state index is 12.3. The predicted molar refractivity (Wildman–Crippen MR) is 98.4 cm³/mol. The number of nitriles is 1. The molecule has 8 nitrogen and oxygen atoms in total. The highest BCUT2D eigenvalue weighted by atomic mass is 32.2.